The van der Waals surface area contributed by atoms with Crippen LogP contribution in [-0.2, 0) is 18.2 Å². The van der Waals surface area contributed by atoms with Gasteiger partial charge in [0.25, 0.3) is 0 Å². The average Bonchev–Trinajstić information content (AvgIpc) is 3.27. The zero-order valence-electron chi connectivity index (χ0n) is 39.2. The Morgan fingerprint density at radius 2 is 0.492 bits per heavy atom. The first-order valence-electron chi connectivity index (χ1n) is 21.2. The van der Waals surface area contributed by atoms with Crippen LogP contribution in [0.15, 0.2) is 121 Å². The standard InChI is InChI=1S/C25H22O8P2.C4H10.2C3H8.6C2H6.2CH4/c26-34(30-22-13-5-1-6-14-22,31-23-15-7-2-8-16-23)28-21-29-35(27,32-24-17-9-3-10-18-24)33-25-19-11-4-12-20-25;1-3-4-2;2*1-3-2;6*1-2;;/h1-20H,21H2;3-4H2,1-2H3;2*3H2,1-2H3;6*1-2H3;2*1H4. The fourth-order valence-corrected chi connectivity index (χ4v) is 4.99. The van der Waals surface area contributed by atoms with Crippen LogP contribution in [0, 0.1) is 0 Å². The maximum absolute atomic E-state index is 13.4. The Balaban J connectivity index is -0.000000154. The van der Waals surface area contributed by atoms with E-state index in [0.717, 1.165) is 0 Å². The Labute approximate surface area is 367 Å². The van der Waals surface area contributed by atoms with Gasteiger partial charge in [0.15, 0.2) is 6.79 Å². The van der Waals surface area contributed by atoms with Gasteiger partial charge in [-0.15, -0.1) is 0 Å². The number of hydrogen-bond acceptors (Lipinski definition) is 8. The maximum Gasteiger partial charge on any atom is 0.589 e. The van der Waals surface area contributed by atoms with Crippen LogP contribution in [-0.4, -0.2) is 6.79 Å². The third-order valence-electron chi connectivity index (χ3n) is 4.76. The van der Waals surface area contributed by atoms with Crippen molar-refractivity contribution in [3.05, 3.63) is 121 Å². The van der Waals surface area contributed by atoms with E-state index in [1.807, 2.05) is 83.1 Å². The lowest BCUT2D eigenvalue weighted by Gasteiger charge is -2.21. The molecule has 346 valence electrons. The van der Waals surface area contributed by atoms with Crippen LogP contribution < -0.4 is 18.1 Å². The number of unbranched alkanes of at least 4 members (excludes halogenated alkanes) is 1. The lowest BCUT2D eigenvalue weighted by atomic mass is 10.3. The molecular weight excluding hydrogens is 778 g/mol. The molecule has 4 aromatic carbocycles. The Bertz CT molecular complexity index is 1150. The Morgan fingerprint density at radius 1 is 0.339 bits per heavy atom. The highest BCUT2D eigenvalue weighted by molar-refractivity contribution is 7.50. The lowest BCUT2D eigenvalue weighted by Crippen LogP contribution is -2.11. The SMILES string of the molecule is C.C.CC.CC.CC.CC.CC.CC.CCC.CCC.CCCC.O=P(OCOP(=O)(Oc1ccccc1)Oc1ccccc1)(Oc1ccccc1)Oc1ccccc1. The fraction of sp³-hybridized carbons (Fsp3) is 0.510. The normalized spacial score (nSPS) is 8.51. The first kappa shape index (κ1) is 73.0. The largest absolute Gasteiger partial charge is 0.589 e. The van der Waals surface area contributed by atoms with Crippen molar-refractivity contribution in [2.75, 3.05) is 6.79 Å². The molecule has 0 heterocycles. The quantitative estimate of drug-likeness (QED) is 0.0969. The van der Waals surface area contributed by atoms with Crippen molar-refractivity contribution in [1.82, 2.24) is 0 Å². The number of phosphoric acid groups is 2. The van der Waals surface area contributed by atoms with E-state index in [-0.39, 0.29) is 37.9 Å². The van der Waals surface area contributed by atoms with E-state index in [9.17, 15) is 9.13 Å². The Kier molecular flexibility index (Phi) is 72.7. The monoisotopic (exact) mass is 871 g/mol. The van der Waals surface area contributed by atoms with E-state index >= 15 is 0 Å². The molecule has 0 unspecified atom stereocenters. The van der Waals surface area contributed by atoms with E-state index < -0.39 is 22.4 Å². The Hall–Kier alpha value is -3.54. The van der Waals surface area contributed by atoms with Crippen molar-refractivity contribution in [2.24, 2.45) is 0 Å². The van der Waals surface area contributed by atoms with Crippen molar-refractivity contribution in [3.8, 4) is 23.0 Å². The molecule has 0 spiro atoms. The van der Waals surface area contributed by atoms with Gasteiger partial charge in [0.05, 0.1) is 0 Å². The van der Waals surface area contributed by atoms with Gasteiger partial charge in [-0.25, -0.2) is 18.2 Å². The Morgan fingerprint density at radius 3 is 0.627 bits per heavy atom. The minimum atomic E-state index is -4.27. The highest BCUT2D eigenvalue weighted by Crippen LogP contribution is 2.53. The van der Waals surface area contributed by atoms with Crippen molar-refractivity contribution in [3.63, 3.8) is 0 Å². The summed E-state index contributed by atoms with van der Waals surface area (Å²) in [6.45, 7) is 36.1. The van der Waals surface area contributed by atoms with Gasteiger partial charge in [0, 0.05) is 0 Å². The molecule has 0 aliphatic heterocycles. The molecule has 0 aliphatic rings. The summed E-state index contributed by atoms with van der Waals surface area (Å²) in [5.41, 5.74) is 0. The summed E-state index contributed by atoms with van der Waals surface area (Å²) in [5, 5.41) is 0. The van der Waals surface area contributed by atoms with E-state index in [2.05, 4.69) is 41.5 Å². The molecule has 0 saturated carbocycles. The van der Waals surface area contributed by atoms with Gasteiger partial charge in [0.2, 0.25) is 0 Å². The summed E-state index contributed by atoms with van der Waals surface area (Å²) in [6.07, 6.45) is 5.14. The molecule has 4 aromatic rings. The number of para-hydroxylation sites is 4. The van der Waals surface area contributed by atoms with Crippen LogP contribution in [0.4, 0.5) is 0 Å². The van der Waals surface area contributed by atoms with Crippen LogP contribution in [0.3, 0.4) is 0 Å². The van der Waals surface area contributed by atoms with E-state index in [1.165, 1.54) is 25.7 Å². The van der Waals surface area contributed by atoms with Crippen molar-refractivity contribution in [2.45, 2.75) is 165 Å². The van der Waals surface area contributed by atoms with E-state index in [1.54, 1.807) is 121 Å². The van der Waals surface area contributed by atoms with Gasteiger partial charge >= 0.3 is 15.6 Å². The highest BCUT2D eigenvalue weighted by atomic mass is 31.2. The molecule has 8 nitrogen and oxygen atoms in total. The summed E-state index contributed by atoms with van der Waals surface area (Å²) in [6, 6.07) is 33.4. The zero-order valence-corrected chi connectivity index (χ0v) is 41.0. The second-order valence-electron chi connectivity index (χ2n) is 9.30. The fourth-order valence-electron chi connectivity index (χ4n) is 2.74. The van der Waals surface area contributed by atoms with Crippen LogP contribution in [0.5, 0.6) is 23.0 Å². The highest BCUT2D eigenvalue weighted by Gasteiger charge is 2.36. The second kappa shape index (κ2) is 58.8. The molecule has 0 saturated heterocycles. The van der Waals surface area contributed by atoms with Crippen LogP contribution >= 0.6 is 15.6 Å². The van der Waals surface area contributed by atoms with Crippen LogP contribution in [0.25, 0.3) is 0 Å². The molecule has 10 heteroatoms. The summed E-state index contributed by atoms with van der Waals surface area (Å²) in [7, 11) is -8.54. The topological polar surface area (TPSA) is 89.5 Å². The van der Waals surface area contributed by atoms with Gasteiger partial charge in [-0.05, 0) is 48.5 Å². The van der Waals surface area contributed by atoms with Gasteiger partial charge in [-0.1, -0.05) is 238 Å². The zero-order chi connectivity index (χ0) is 45.2. The molecule has 0 radical (unpaired) electrons. The van der Waals surface area contributed by atoms with Crippen LogP contribution in [0.2, 0.25) is 0 Å². The second-order valence-corrected chi connectivity index (χ2v) is 12.3. The first-order valence-corrected chi connectivity index (χ1v) is 24.2. The van der Waals surface area contributed by atoms with Crippen LogP contribution in [0.1, 0.15) is 165 Å². The smallest absolute Gasteiger partial charge is 0.395 e. The number of rotatable bonds is 13. The van der Waals surface area contributed by atoms with Crippen molar-refractivity contribution in [1.29, 1.82) is 0 Å². The number of benzene rings is 4. The van der Waals surface area contributed by atoms with E-state index in [0.29, 0.717) is 0 Å². The first-order chi connectivity index (χ1) is 27.8. The molecule has 0 amide bonds. The summed E-state index contributed by atoms with van der Waals surface area (Å²) < 4.78 is 59.7. The van der Waals surface area contributed by atoms with E-state index in [4.69, 9.17) is 27.1 Å². The number of phosphoric ester groups is 2. The third kappa shape index (κ3) is 45.4. The molecule has 0 bridgehead atoms. The molecule has 4 rings (SSSR count). The molecular formula is C49H92O8P2. The molecule has 0 aromatic heterocycles. The van der Waals surface area contributed by atoms with Gasteiger partial charge < -0.3 is 18.1 Å². The predicted octanol–water partition coefficient (Wildman–Crippen LogP) is 19.6. The van der Waals surface area contributed by atoms with Crippen molar-refractivity contribution >= 4 is 15.6 Å². The minimum absolute atomic E-state index is 0. The molecule has 0 fully saturated rings. The van der Waals surface area contributed by atoms with Gasteiger partial charge in [-0.3, -0.25) is 0 Å². The van der Waals surface area contributed by atoms with Gasteiger partial charge in [0.1, 0.15) is 23.0 Å². The van der Waals surface area contributed by atoms with Gasteiger partial charge in [-0.2, -0.15) is 0 Å². The molecule has 0 N–H and O–H groups in total. The molecule has 59 heavy (non-hydrogen) atoms. The third-order valence-corrected chi connectivity index (χ3v) is 7.34. The minimum Gasteiger partial charge on any atom is -0.395 e. The average molecular weight is 871 g/mol. The lowest BCUT2D eigenvalue weighted by molar-refractivity contribution is 0.0666. The summed E-state index contributed by atoms with van der Waals surface area (Å²) in [4.78, 5) is 0. The summed E-state index contributed by atoms with van der Waals surface area (Å²) in [5.74, 6) is 0.985. The molecule has 0 atom stereocenters. The number of hydrogen-bond donors (Lipinski definition) is 0. The van der Waals surface area contributed by atoms with Crippen molar-refractivity contribution < 1.29 is 36.3 Å². The molecule has 0 aliphatic carbocycles. The predicted molar refractivity (Wildman–Crippen MR) is 265 cm³/mol. The maximum atomic E-state index is 13.4. The summed E-state index contributed by atoms with van der Waals surface area (Å²) >= 11 is 0.